The summed E-state index contributed by atoms with van der Waals surface area (Å²) in [7, 11) is 0. The quantitative estimate of drug-likeness (QED) is 0.564. The Bertz CT molecular complexity index is 380. The Balaban J connectivity index is 2.76. The summed E-state index contributed by atoms with van der Waals surface area (Å²) >= 11 is 0. The van der Waals surface area contributed by atoms with Gasteiger partial charge < -0.3 is 0 Å². The zero-order valence-electron chi connectivity index (χ0n) is 10.4. The van der Waals surface area contributed by atoms with Gasteiger partial charge in [-0.05, 0) is 29.9 Å². The van der Waals surface area contributed by atoms with Crippen LogP contribution in [0.25, 0.3) is 0 Å². The van der Waals surface area contributed by atoms with Gasteiger partial charge in [-0.15, -0.1) is 0 Å². The highest BCUT2D eigenvalue weighted by Gasteiger charge is 2.13. The Labute approximate surface area is 97.4 Å². The van der Waals surface area contributed by atoms with Gasteiger partial charge in [0.1, 0.15) is 0 Å². The fourth-order valence-corrected chi connectivity index (χ4v) is 1.62. The number of benzene rings is 1. The third kappa shape index (κ3) is 3.63. The minimum atomic E-state index is 0.0120. The molecule has 2 heteroatoms. The van der Waals surface area contributed by atoms with Crippen LogP contribution in [-0.2, 0) is 16.6 Å². The molecule has 0 saturated carbocycles. The van der Waals surface area contributed by atoms with Crippen molar-refractivity contribution in [1.29, 1.82) is 0 Å². The Hall–Kier alpha value is -1.40. The van der Waals surface area contributed by atoms with Gasteiger partial charge in [0.05, 0.1) is 6.04 Å². The number of nitrogens with zero attached hydrogens (tertiary/aromatic N) is 1. The minimum absolute atomic E-state index is 0.0120. The SMILES string of the molecule is CC(Cc1ccc(C(C)(C)C)cc1)N=C=O. The maximum Gasteiger partial charge on any atom is 0.235 e. The normalized spacial score (nSPS) is 13.0. The summed E-state index contributed by atoms with van der Waals surface area (Å²) in [6.07, 6.45) is 2.39. The van der Waals surface area contributed by atoms with E-state index in [9.17, 15) is 4.79 Å². The second-order valence-electron chi connectivity index (χ2n) is 5.22. The molecule has 86 valence electrons. The lowest BCUT2D eigenvalue weighted by Gasteiger charge is -2.19. The standard InChI is InChI=1S/C14H19NO/c1-11(15-10-16)9-12-5-7-13(8-6-12)14(2,3)4/h5-8,11H,9H2,1-4H3. The van der Waals surface area contributed by atoms with Crippen LogP contribution in [0, 0.1) is 0 Å². The summed E-state index contributed by atoms with van der Waals surface area (Å²) in [5, 5.41) is 0. The maximum absolute atomic E-state index is 10.1. The van der Waals surface area contributed by atoms with E-state index in [4.69, 9.17) is 0 Å². The smallest absolute Gasteiger partial charge is 0.211 e. The molecule has 1 aromatic rings. The van der Waals surface area contributed by atoms with Crippen molar-refractivity contribution in [2.45, 2.75) is 45.6 Å². The number of aliphatic imine (C=N–C) groups is 1. The van der Waals surface area contributed by atoms with Crippen LogP contribution in [0.4, 0.5) is 0 Å². The highest BCUT2D eigenvalue weighted by Crippen LogP contribution is 2.22. The largest absolute Gasteiger partial charge is 0.235 e. The first-order valence-corrected chi connectivity index (χ1v) is 5.60. The van der Waals surface area contributed by atoms with Crippen LogP contribution in [0.2, 0.25) is 0 Å². The molecule has 1 unspecified atom stereocenters. The Morgan fingerprint density at radius 2 is 1.81 bits per heavy atom. The van der Waals surface area contributed by atoms with Crippen molar-refractivity contribution in [2.75, 3.05) is 0 Å². The molecule has 16 heavy (non-hydrogen) atoms. The lowest BCUT2D eigenvalue weighted by molar-refractivity contribution is 0.558. The zero-order chi connectivity index (χ0) is 12.2. The number of carbonyl (C=O) groups excluding carboxylic acids is 1. The van der Waals surface area contributed by atoms with Crippen molar-refractivity contribution in [2.24, 2.45) is 4.99 Å². The molecule has 0 heterocycles. The van der Waals surface area contributed by atoms with Gasteiger partial charge >= 0.3 is 0 Å². The summed E-state index contributed by atoms with van der Waals surface area (Å²) in [6, 6.07) is 8.52. The van der Waals surface area contributed by atoms with E-state index in [0.29, 0.717) is 0 Å². The average molecular weight is 217 g/mol. The molecule has 0 aliphatic carbocycles. The van der Waals surface area contributed by atoms with Gasteiger partial charge in [0, 0.05) is 0 Å². The molecule has 1 rings (SSSR count). The van der Waals surface area contributed by atoms with Crippen molar-refractivity contribution in [3.8, 4) is 0 Å². The van der Waals surface area contributed by atoms with Gasteiger partial charge in [-0.2, -0.15) is 0 Å². The molecule has 0 saturated heterocycles. The lowest BCUT2D eigenvalue weighted by Crippen LogP contribution is -2.11. The van der Waals surface area contributed by atoms with Crippen LogP contribution in [0.1, 0.15) is 38.8 Å². The third-order valence-electron chi connectivity index (χ3n) is 2.62. The van der Waals surface area contributed by atoms with E-state index in [1.54, 1.807) is 6.08 Å². The summed E-state index contributed by atoms with van der Waals surface area (Å²) in [5.41, 5.74) is 2.72. The highest BCUT2D eigenvalue weighted by molar-refractivity contribution is 5.34. The molecule has 0 spiro atoms. The summed E-state index contributed by atoms with van der Waals surface area (Å²) in [4.78, 5) is 13.8. The van der Waals surface area contributed by atoms with Crippen LogP contribution >= 0.6 is 0 Å². The van der Waals surface area contributed by atoms with E-state index in [1.165, 1.54) is 11.1 Å². The average Bonchev–Trinajstić information content (AvgIpc) is 2.17. The topological polar surface area (TPSA) is 29.4 Å². The second-order valence-corrected chi connectivity index (χ2v) is 5.22. The Kier molecular flexibility index (Phi) is 4.03. The number of hydrogen-bond donors (Lipinski definition) is 0. The molecular weight excluding hydrogens is 198 g/mol. The Morgan fingerprint density at radius 3 is 2.25 bits per heavy atom. The highest BCUT2D eigenvalue weighted by atomic mass is 16.1. The van der Waals surface area contributed by atoms with Gasteiger partial charge in [-0.25, -0.2) is 9.79 Å². The van der Waals surface area contributed by atoms with Crippen molar-refractivity contribution < 1.29 is 4.79 Å². The molecule has 0 aliphatic rings. The molecule has 1 aromatic carbocycles. The predicted molar refractivity (Wildman–Crippen MR) is 66.4 cm³/mol. The molecule has 0 radical (unpaired) electrons. The van der Waals surface area contributed by atoms with Crippen molar-refractivity contribution in [3.05, 3.63) is 35.4 Å². The van der Waals surface area contributed by atoms with Crippen molar-refractivity contribution in [3.63, 3.8) is 0 Å². The summed E-state index contributed by atoms with van der Waals surface area (Å²) < 4.78 is 0. The molecule has 0 N–H and O–H groups in total. The molecule has 0 fully saturated rings. The number of rotatable bonds is 3. The van der Waals surface area contributed by atoms with Gasteiger partial charge in [0.15, 0.2) is 0 Å². The molecule has 0 aromatic heterocycles. The van der Waals surface area contributed by atoms with Crippen molar-refractivity contribution >= 4 is 6.08 Å². The van der Waals surface area contributed by atoms with E-state index in [0.717, 1.165) is 6.42 Å². The second kappa shape index (κ2) is 5.09. The fraction of sp³-hybridized carbons (Fsp3) is 0.500. The third-order valence-corrected chi connectivity index (χ3v) is 2.62. The van der Waals surface area contributed by atoms with Crippen LogP contribution < -0.4 is 0 Å². The maximum atomic E-state index is 10.1. The van der Waals surface area contributed by atoms with Gasteiger partial charge in [-0.1, -0.05) is 45.0 Å². The van der Waals surface area contributed by atoms with E-state index < -0.39 is 0 Å². The number of isocyanates is 1. The lowest BCUT2D eigenvalue weighted by atomic mass is 9.86. The first-order valence-electron chi connectivity index (χ1n) is 5.60. The summed E-state index contributed by atoms with van der Waals surface area (Å²) in [5.74, 6) is 0. The first-order chi connectivity index (χ1) is 7.43. The van der Waals surface area contributed by atoms with E-state index >= 15 is 0 Å². The predicted octanol–water partition coefficient (Wildman–Crippen LogP) is 3.25. The van der Waals surface area contributed by atoms with Gasteiger partial charge in [-0.3, -0.25) is 0 Å². The molecule has 0 aliphatic heterocycles. The molecule has 0 amide bonds. The molecular formula is C14H19NO. The molecule has 0 bridgehead atoms. The Morgan fingerprint density at radius 1 is 1.25 bits per heavy atom. The van der Waals surface area contributed by atoms with Crippen molar-refractivity contribution in [1.82, 2.24) is 0 Å². The van der Waals surface area contributed by atoms with Crippen LogP contribution in [0.15, 0.2) is 29.3 Å². The fourth-order valence-electron chi connectivity index (χ4n) is 1.62. The van der Waals surface area contributed by atoms with Crippen LogP contribution in [0.5, 0.6) is 0 Å². The van der Waals surface area contributed by atoms with Crippen LogP contribution in [0.3, 0.4) is 0 Å². The zero-order valence-corrected chi connectivity index (χ0v) is 10.4. The number of hydrogen-bond acceptors (Lipinski definition) is 2. The summed E-state index contributed by atoms with van der Waals surface area (Å²) in [6.45, 7) is 8.51. The van der Waals surface area contributed by atoms with E-state index in [1.807, 2.05) is 6.92 Å². The monoisotopic (exact) mass is 217 g/mol. The molecule has 1 atom stereocenters. The van der Waals surface area contributed by atoms with E-state index in [2.05, 4.69) is 50.0 Å². The first kappa shape index (κ1) is 12.7. The van der Waals surface area contributed by atoms with Crippen LogP contribution in [-0.4, -0.2) is 12.1 Å². The van der Waals surface area contributed by atoms with E-state index in [-0.39, 0.29) is 11.5 Å². The van der Waals surface area contributed by atoms with Gasteiger partial charge in [0.2, 0.25) is 6.08 Å². The molecule has 2 nitrogen and oxygen atoms in total. The minimum Gasteiger partial charge on any atom is -0.211 e. The van der Waals surface area contributed by atoms with Gasteiger partial charge in [0.25, 0.3) is 0 Å².